The van der Waals surface area contributed by atoms with Crippen molar-refractivity contribution in [3.63, 3.8) is 0 Å². The second-order valence-corrected chi connectivity index (χ2v) is 6.78. The fourth-order valence-electron chi connectivity index (χ4n) is 3.10. The number of ether oxygens (including phenoxy) is 2. The molecule has 7 heteroatoms. The van der Waals surface area contributed by atoms with Crippen LogP contribution in [-0.2, 0) is 9.53 Å². The average Bonchev–Trinajstić information content (AvgIpc) is 2.68. The molecular formula is C20H19BrN2O4. The number of amides is 2. The number of nitrogens with one attached hydrogen (secondary N) is 1. The number of esters is 1. The predicted molar refractivity (Wildman–Crippen MR) is 106 cm³/mol. The first-order valence-electron chi connectivity index (χ1n) is 8.26. The van der Waals surface area contributed by atoms with Gasteiger partial charge >= 0.3 is 12.0 Å². The van der Waals surface area contributed by atoms with E-state index in [1.54, 1.807) is 38.3 Å². The number of hydrogen-bond acceptors (Lipinski definition) is 4. The van der Waals surface area contributed by atoms with Crippen molar-refractivity contribution >= 4 is 33.6 Å². The number of methoxy groups -OCH3 is 2. The molecule has 0 fully saturated rings. The van der Waals surface area contributed by atoms with Crippen molar-refractivity contribution in [2.24, 2.45) is 0 Å². The molecule has 1 atom stereocenters. The number of carbonyl (C=O) groups is 2. The molecule has 0 saturated heterocycles. The van der Waals surface area contributed by atoms with Gasteiger partial charge < -0.3 is 14.8 Å². The van der Waals surface area contributed by atoms with E-state index >= 15 is 0 Å². The first-order chi connectivity index (χ1) is 13.0. The van der Waals surface area contributed by atoms with Crippen LogP contribution in [0.2, 0.25) is 0 Å². The average molecular weight is 431 g/mol. The van der Waals surface area contributed by atoms with Gasteiger partial charge in [0.15, 0.2) is 0 Å². The van der Waals surface area contributed by atoms with E-state index in [2.05, 4.69) is 21.2 Å². The zero-order chi connectivity index (χ0) is 19.6. The maximum atomic E-state index is 12.9. The minimum atomic E-state index is -0.616. The van der Waals surface area contributed by atoms with Gasteiger partial charge in [0, 0.05) is 10.2 Å². The lowest BCUT2D eigenvalue weighted by molar-refractivity contribution is -0.136. The fourth-order valence-corrected chi connectivity index (χ4v) is 3.62. The maximum Gasteiger partial charge on any atom is 0.337 e. The second-order valence-electron chi connectivity index (χ2n) is 5.93. The van der Waals surface area contributed by atoms with Gasteiger partial charge in [0.2, 0.25) is 0 Å². The van der Waals surface area contributed by atoms with Gasteiger partial charge in [-0.2, -0.15) is 0 Å². The van der Waals surface area contributed by atoms with Gasteiger partial charge in [-0.05, 0) is 42.8 Å². The molecule has 6 nitrogen and oxygen atoms in total. The van der Waals surface area contributed by atoms with Crippen molar-refractivity contribution in [3.05, 3.63) is 69.8 Å². The Morgan fingerprint density at radius 1 is 1.11 bits per heavy atom. The summed E-state index contributed by atoms with van der Waals surface area (Å²) in [6, 6.07) is 13.5. The number of carbonyl (C=O) groups excluding carboxylic acids is 2. The maximum absolute atomic E-state index is 12.9. The summed E-state index contributed by atoms with van der Waals surface area (Å²) < 4.78 is 11.0. The van der Waals surface area contributed by atoms with E-state index in [0.29, 0.717) is 22.7 Å². The second kappa shape index (κ2) is 7.84. The summed E-state index contributed by atoms with van der Waals surface area (Å²) in [4.78, 5) is 26.9. The van der Waals surface area contributed by atoms with Gasteiger partial charge in [-0.15, -0.1) is 0 Å². The highest BCUT2D eigenvalue weighted by atomic mass is 79.9. The van der Waals surface area contributed by atoms with E-state index in [1.807, 2.05) is 24.3 Å². The first kappa shape index (κ1) is 19.0. The quantitative estimate of drug-likeness (QED) is 0.738. The third kappa shape index (κ3) is 3.55. The van der Waals surface area contributed by atoms with Crippen LogP contribution in [0.3, 0.4) is 0 Å². The molecule has 0 saturated carbocycles. The number of allylic oxidation sites excluding steroid dienone is 1. The van der Waals surface area contributed by atoms with Crippen molar-refractivity contribution in [2.45, 2.75) is 13.0 Å². The van der Waals surface area contributed by atoms with Crippen LogP contribution in [0.4, 0.5) is 10.5 Å². The van der Waals surface area contributed by atoms with Crippen molar-refractivity contribution in [3.8, 4) is 5.75 Å². The molecule has 0 bridgehead atoms. The molecule has 1 unspecified atom stereocenters. The SMILES string of the molecule is COC(=O)C1=C(C)N(c2ccc(OC)cc2)C(=O)NC1c1ccccc1Br. The Morgan fingerprint density at radius 3 is 2.37 bits per heavy atom. The van der Waals surface area contributed by atoms with E-state index in [-0.39, 0.29) is 6.03 Å². The van der Waals surface area contributed by atoms with Crippen LogP contribution in [0, 0.1) is 0 Å². The largest absolute Gasteiger partial charge is 0.497 e. The van der Waals surface area contributed by atoms with Crippen molar-refractivity contribution in [2.75, 3.05) is 19.1 Å². The summed E-state index contributed by atoms with van der Waals surface area (Å²) in [5, 5.41) is 2.91. The Labute approximate surface area is 165 Å². The number of nitrogens with zero attached hydrogens (tertiary/aromatic N) is 1. The van der Waals surface area contributed by atoms with Crippen LogP contribution in [0.5, 0.6) is 5.75 Å². The Morgan fingerprint density at radius 2 is 1.78 bits per heavy atom. The monoisotopic (exact) mass is 430 g/mol. The number of hydrogen-bond donors (Lipinski definition) is 1. The molecule has 1 heterocycles. The summed E-state index contributed by atoms with van der Waals surface area (Å²) >= 11 is 3.49. The third-order valence-corrected chi connectivity index (χ3v) is 5.16. The van der Waals surface area contributed by atoms with Gasteiger partial charge in [0.05, 0.1) is 31.5 Å². The summed E-state index contributed by atoms with van der Waals surface area (Å²) in [6.45, 7) is 1.74. The van der Waals surface area contributed by atoms with Crippen molar-refractivity contribution in [1.82, 2.24) is 5.32 Å². The minimum Gasteiger partial charge on any atom is -0.497 e. The predicted octanol–water partition coefficient (Wildman–Crippen LogP) is 4.18. The highest BCUT2D eigenvalue weighted by molar-refractivity contribution is 9.10. The van der Waals surface area contributed by atoms with E-state index in [4.69, 9.17) is 9.47 Å². The van der Waals surface area contributed by atoms with Crippen LogP contribution >= 0.6 is 15.9 Å². The molecule has 0 aromatic heterocycles. The standard InChI is InChI=1S/C20H19BrN2O4/c1-12-17(19(24)27-3)18(15-6-4-5-7-16(15)21)22-20(25)23(12)13-8-10-14(26-2)11-9-13/h4-11,18H,1-3H3,(H,22,25). The Kier molecular flexibility index (Phi) is 5.51. The number of anilines is 1. The van der Waals surface area contributed by atoms with Crippen molar-refractivity contribution in [1.29, 1.82) is 0 Å². The van der Waals surface area contributed by atoms with Crippen LogP contribution in [0.25, 0.3) is 0 Å². The summed E-state index contributed by atoms with van der Waals surface area (Å²) in [5.74, 6) is 0.184. The van der Waals surface area contributed by atoms with Crippen LogP contribution in [0.1, 0.15) is 18.5 Å². The minimum absolute atomic E-state index is 0.328. The lowest BCUT2D eigenvalue weighted by atomic mass is 9.94. The van der Waals surface area contributed by atoms with Gasteiger partial charge in [0.25, 0.3) is 0 Å². The molecule has 2 aromatic carbocycles. The van der Waals surface area contributed by atoms with Gasteiger partial charge in [-0.3, -0.25) is 4.90 Å². The highest BCUT2D eigenvalue weighted by Crippen LogP contribution is 2.36. The molecule has 1 aliphatic rings. The molecule has 0 aliphatic carbocycles. The normalized spacial score (nSPS) is 16.8. The molecule has 2 aromatic rings. The van der Waals surface area contributed by atoms with E-state index in [9.17, 15) is 9.59 Å². The summed E-state index contributed by atoms with van der Waals surface area (Å²) in [7, 11) is 2.90. The van der Waals surface area contributed by atoms with Gasteiger partial charge in [0.1, 0.15) is 5.75 Å². The third-order valence-electron chi connectivity index (χ3n) is 4.44. The molecular weight excluding hydrogens is 412 g/mol. The number of rotatable bonds is 4. The molecule has 140 valence electrons. The van der Waals surface area contributed by atoms with Crippen LogP contribution < -0.4 is 15.0 Å². The molecule has 0 spiro atoms. The molecule has 3 rings (SSSR count). The van der Waals surface area contributed by atoms with Gasteiger partial charge in [-0.25, -0.2) is 9.59 Å². The lowest BCUT2D eigenvalue weighted by Gasteiger charge is -2.35. The molecule has 2 amide bonds. The zero-order valence-corrected chi connectivity index (χ0v) is 16.7. The van der Waals surface area contributed by atoms with Gasteiger partial charge in [-0.1, -0.05) is 34.1 Å². The first-order valence-corrected chi connectivity index (χ1v) is 9.05. The Balaban J connectivity index is 2.13. The highest BCUT2D eigenvalue weighted by Gasteiger charge is 2.37. The molecule has 1 N–H and O–H groups in total. The summed E-state index contributed by atoms with van der Waals surface area (Å²) in [5.41, 5.74) is 2.29. The Bertz CT molecular complexity index is 908. The van der Waals surface area contributed by atoms with Crippen LogP contribution in [0.15, 0.2) is 64.3 Å². The molecule has 0 radical (unpaired) electrons. The number of halogens is 1. The molecule has 27 heavy (non-hydrogen) atoms. The van der Waals surface area contributed by atoms with E-state index in [0.717, 1.165) is 10.0 Å². The summed E-state index contributed by atoms with van der Waals surface area (Å²) in [6.07, 6.45) is 0. The van der Waals surface area contributed by atoms with E-state index < -0.39 is 12.0 Å². The zero-order valence-electron chi connectivity index (χ0n) is 15.2. The smallest absolute Gasteiger partial charge is 0.337 e. The topological polar surface area (TPSA) is 67.9 Å². The Hall–Kier alpha value is -2.80. The van der Waals surface area contributed by atoms with E-state index in [1.165, 1.54) is 12.0 Å². The fraction of sp³-hybridized carbons (Fsp3) is 0.200. The lowest BCUT2D eigenvalue weighted by Crippen LogP contribution is -2.48. The number of benzene rings is 2. The molecule has 1 aliphatic heterocycles. The number of urea groups is 1. The van der Waals surface area contributed by atoms with Crippen LogP contribution in [-0.4, -0.2) is 26.2 Å². The van der Waals surface area contributed by atoms with Crippen molar-refractivity contribution < 1.29 is 19.1 Å².